The van der Waals surface area contributed by atoms with E-state index in [1.807, 2.05) is 31.2 Å². The van der Waals surface area contributed by atoms with Gasteiger partial charge in [-0.2, -0.15) is 0 Å². The standard InChI is InChI=1S/C15H14N4OS/c1-10(14-18-11-5-3-4-6-13(11)21-14)19(2)15(20)12-9-16-7-8-17-12/h3-10H,1-2H3. The zero-order valence-electron chi connectivity index (χ0n) is 11.7. The quantitative estimate of drug-likeness (QED) is 0.746. The van der Waals surface area contributed by atoms with Gasteiger partial charge in [-0.05, 0) is 19.1 Å². The summed E-state index contributed by atoms with van der Waals surface area (Å²) in [5.41, 5.74) is 1.30. The van der Waals surface area contributed by atoms with Gasteiger partial charge < -0.3 is 4.90 Å². The molecule has 0 aliphatic rings. The van der Waals surface area contributed by atoms with E-state index in [1.54, 1.807) is 29.5 Å². The van der Waals surface area contributed by atoms with Gasteiger partial charge in [-0.1, -0.05) is 12.1 Å². The van der Waals surface area contributed by atoms with Crippen molar-refractivity contribution in [1.29, 1.82) is 0 Å². The van der Waals surface area contributed by atoms with Crippen molar-refractivity contribution < 1.29 is 4.79 Å². The smallest absolute Gasteiger partial charge is 0.274 e. The predicted octanol–water partition coefficient (Wildman–Crippen LogP) is 2.92. The van der Waals surface area contributed by atoms with Crippen molar-refractivity contribution in [3.8, 4) is 0 Å². The van der Waals surface area contributed by atoms with Crippen LogP contribution in [0.15, 0.2) is 42.9 Å². The molecule has 6 heteroatoms. The van der Waals surface area contributed by atoms with Crippen LogP contribution in [0, 0.1) is 0 Å². The number of nitrogens with zero attached hydrogens (tertiary/aromatic N) is 4. The Morgan fingerprint density at radius 3 is 2.81 bits per heavy atom. The third-order valence-corrected chi connectivity index (χ3v) is 4.56. The molecule has 106 valence electrons. The van der Waals surface area contributed by atoms with Crippen LogP contribution in [0.4, 0.5) is 0 Å². The Balaban J connectivity index is 1.87. The first-order chi connectivity index (χ1) is 10.2. The average Bonchev–Trinajstić information content (AvgIpc) is 2.97. The molecule has 0 bridgehead atoms. The lowest BCUT2D eigenvalue weighted by molar-refractivity contribution is 0.0736. The molecule has 0 saturated carbocycles. The number of benzene rings is 1. The highest BCUT2D eigenvalue weighted by atomic mass is 32.1. The molecular weight excluding hydrogens is 284 g/mol. The normalized spacial score (nSPS) is 12.3. The summed E-state index contributed by atoms with van der Waals surface area (Å²) in [6, 6.07) is 7.85. The van der Waals surface area contributed by atoms with Crippen LogP contribution in [0.25, 0.3) is 10.2 Å². The highest BCUT2D eigenvalue weighted by Crippen LogP contribution is 2.29. The number of rotatable bonds is 3. The summed E-state index contributed by atoms with van der Waals surface area (Å²) >= 11 is 1.61. The van der Waals surface area contributed by atoms with Crippen molar-refractivity contribution >= 4 is 27.5 Å². The molecule has 1 aromatic carbocycles. The van der Waals surface area contributed by atoms with E-state index in [2.05, 4.69) is 15.0 Å². The number of aromatic nitrogens is 3. The van der Waals surface area contributed by atoms with Gasteiger partial charge in [0.1, 0.15) is 10.7 Å². The van der Waals surface area contributed by atoms with Gasteiger partial charge in [0.15, 0.2) is 0 Å². The topological polar surface area (TPSA) is 59.0 Å². The van der Waals surface area contributed by atoms with Crippen LogP contribution in [0.1, 0.15) is 28.5 Å². The van der Waals surface area contributed by atoms with Crippen LogP contribution in [-0.2, 0) is 0 Å². The summed E-state index contributed by atoms with van der Waals surface area (Å²) in [7, 11) is 1.76. The maximum atomic E-state index is 12.4. The van der Waals surface area contributed by atoms with E-state index in [9.17, 15) is 4.79 Å². The van der Waals surface area contributed by atoms with E-state index in [1.165, 1.54) is 12.4 Å². The second-order valence-electron chi connectivity index (χ2n) is 4.70. The Labute approximate surface area is 126 Å². The molecule has 5 nitrogen and oxygen atoms in total. The summed E-state index contributed by atoms with van der Waals surface area (Å²) in [6.07, 6.45) is 4.54. The highest BCUT2D eigenvalue weighted by Gasteiger charge is 2.22. The molecule has 0 aliphatic carbocycles. The predicted molar refractivity (Wildman–Crippen MR) is 82.2 cm³/mol. The van der Waals surface area contributed by atoms with Crippen molar-refractivity contribution in [1.82, 2.24) is 19.9 Å². The van der Waals surface area contributed by atoms with Gasteiger partial charge in [0.05, 0.1) is 22.5 Å². The summed E-state index contributed by atoms with van der Waals surface area (Å²) in [5.74, 6) is -0.158. The minimum atomic E-state index is -0.158. The fourth-order valence-corrected chi connectivity index (χ4v) is 3.06. The molecule has 3 aromatic rings. The van der Waals surface area contributed by atoms with Crippen molar-refractivity contribution in [2.45, 2.75) is 13.0 Å². The molecular formula is C15H14N4OS. The number of hydrogen-bond donors (Lipinski definition) is 0. The third-order valence-electron chi connectivity index (χ3n) is 3.35. The maximum absolute atomic E-state index is 12.4. The van der Waals surface area contributed by atoms with Gasteiger partial charge in [0.25, 0.3) is 5.91 Å². The number of amides is 1. The number of fused-ring (bicyclic) bond motifs is 1. The van der Waals surface area contributed by atoms with Crippen molar-refractivity contribution in [2.24, 2.45) is 0 Å². The van der Waals surface area contributed by atoms with E-state index < -0.39 is 0 Å². The van der Waals surface area contributed by atoms with Crippen LogP contribution >= 0.6 is 11.3 Å². The Hall–Kier alpha value is -2.34. The summed E-state index contributed by atoms with van der Waals surface area (Å²) in [6.45, 7) is 1.96. The molecule has 0 aliphatic heterocycles. The zero-order chi connectivity index (χ0) is 14.8. The number of thiazole rings is 1. The SMILES string of the molecule is CC(c1nc2ccccc2s1)N(C)C(=O)c1cnccn1. The van der Waals surface area contributed by atoms with Gasteiger partial charge in [0, 0.05) is 19.4 Å². The van der Waals surface area contributed by atoms with Crippen molar-refractivity contribution in [3.63, 3.8) is 0 Å². The summed E-state index contributed by atoms with van der Waals surface area (Å²) in [4.78, 5) is 26.6. The molecule has 0 spiro atoms. The number of carbonyl (C=O) groups is 1. The van der Waals surface area contributed by atoms with Gasteiger partial charge in [-0.15, -0.1) is 11.3 Å². The Morgan fingerprint density at radius 2 is 2.10 bits per heavy atom. The molecule has 0 N–H and O–H groups in total. The summed E-state index contributed by atoms with van der Waals surface area (Å²) in [5, 5.41) is 0.913. The molecule has 1 amide bonds. The zero-order valence-corrected chi connectivity index (χ0v) is 12.5. The molecule has 0 saturated heterocycles. The van der Waals surface area contributed by atoms with Crippen LogP contribution in [0.5, 0.6) is 0 Å². The first-order valence-electron chi connectivity index (χ1n) is 6.55. The Kier molecular flexibility index (Phi) is 3.62. The molecule has 21 heavy (non-hydrogen) atoms. The van der Waals surface area contributed by atoms with Crippen LogP contribution < -0.4 is 0 Å². The number of para-hydroxylation sites is 1. The van der Waals surface area contributed by atoms with Gasteiger partial charge in [-0.25, -0.2) is 9.97 Å². The van der Waals surface area contributed by atoms with E-state index in [4.69, 9.17) is 0 Å². The monoisotopic (exact) mass is 298 g/mol. The van der Waals surface area contributed by atoms with E-state index >= 15 is 0 Å². The minimum absolute atomic E-state index is 0.114. The van der Waals surface area contributed by atoms with Gasteiger partial charge >= 0.3 is 0 Å². The lowest BCUT2D eigenvalue weighted by Crippen LogP contribution is -2.30. The number of carbonyl (C=O) groups excluding carboxylic acids is 1. The fraction of sp³-hybridized carbons (Fsp3) is 0.200. The molecule has 1 atom stereocenters. The second kappa shape index (κ2) is 5.57. The molecule has 0 radical (unpaired) electrons. The van der Waals surface area contributed by atoms with E-state index in [0.717, 1.165) is 15.2 Å². The second-order valence-corrected chi connectivity index (χ2v) is 5.76. The highest BCUT2D eigenvalue weighted by molar-refractivity contribution is 7.18. The lowest BCUT2D eigenvalue weighted by Gasteiger charge is -2.22. The first kappa shape index (κ1) is 13.6. The van der Waals surface area contributed by atoms with Crippen LogP contribution in [0.3, 0.4) is 0 Å². The van der Waals surface area contributed by atoms with Crippen LogP contribution in [0.2, 0.25) is 0 Å². The molecule has 2 aromatic heterocycles. The molecule has 3 rings (SSSR count). The van der Waals surface area contributed by atoms with Crippen molar-refractivity contribution in [2.75, 3.05) is 7.05 Å². The molecule has 0 fully saturated rings. The van der Waals surface area contributed by atoms with Gasteiger partial charge in [0.2, 0.25) is 0 Å². The van der Waals surface area contributed by atoms with E-state index in [0.29, 0.717) is 5.69 Å². The van der Waals surface area contributed by atoms with Gasteiger partial charge in [-0.3, -0.25) is 9.78 Å². The Bertz CT molecular complexity index is 738. The molecule has 1 unspecified atom stereocenters. The minimum Gasteiger partial charge on any atom is -0.331 e. The Morgan fingerprint density at radius 1 is 1.29 bits per heavy atom. The van der Waals surface area contributed by atoms with Crippen molar-refractivity contribution in [3.05, 3.63) is 53.6 Å². The number of hydrogen-bond acceptors (Lipinski definition) is 5. The average molecular weight is 298 g/mol. The summed E-state index contributed by atoms with van der Waals surface area (Å²) < 4.78 is 1.12. The third kappa shape index (κ3) is 2.62. The largest absolute Gasteiger partial charge is 0.331 e. The first-order valence-corrected chi connectivity index (χ1v) is 7.37. The maximum Gasteiger partial charge on any atom is 0.274 e. The molecule has 2 heterocycles. The fourth-order valence-electron chi connectivity index (χ4n) is 2.00. The van der Waals surface area contributed by atoms with E-state index in [-0.39, 0.29) is 11.9 Å². The lowest BCUT2D eigenvalue weighted by atomic mass is 10.2. The van der Waals surface area contributed by atoms with Crippen LogP contribution in [-0.4, -0.2) is 32.8 Å².